The first kappa shape index (κ1) is 19.3. The van der Waals surface area contributed by atoms with Gasteiger partial charge in [0.15, 0.2) is 0 Å². The van der Waals surface area contributed by atoms with E-state index in [4.69, 9.17) is 20.8 Å². The standard InChI is InChI=1S/C18H17ClN2O5S/c1-11-15(9-12-8-13(19)4-6-16(12)20-11)18(22)25-10-14-5-7-17(26-14)27(23,24)21(2)3/h4-9H,10H2,1-3H3. The molecule has 0 radical (unpaired) electrons. The molecule has 0 aliphatic heterocycles. The normalized spacial score (nSPS) is 11.9. The van der Waals surface area contributed by atoms with Gasteiger partial charge in [0.1, 0.15) is 12.4 Å². The summed E-state index contributed by atoms with van der Waals surface area (Å²) in [5, 5.41) is 1.05. The number of halogens is 1. The molecule has 3 aromatic rings. The largest absolute Gasteiger partial charge is 0.454 e. The van der Waals surface area contributed by atoms with Crippen LogP contribution in [0.5, 0.6) is 0 Å². The number of esters is 1. The van der Waals surface area contributed by atoms with Gasteiger partial charge in [0.05, 0.1) is 16.8 Å². The van der Waals surface area contributed by atoms with Crippen molar-refractivity contribution in [3.63, 3.8) is 0 Å². The Morgan fingerprint density at radius 2 is 1.96 bits per heavy atom. The molecule has 0 aliphatic carbocycles. The molecule has 0 N–H and O–H groups in total. The van der Waals surface area contributed by atoms with E-state index in [0.29, 0.717) is 16.3 Å². The monoisotopic (exact) mass is 408 g/mol. The number of aryl methyl sites for hydroxylation is 1. The second-order valence-electron chi connectivity index (χ2n) is 6.04. The van der Waals surface area contributed by atoms with Gasteiger partial charge >= 0.3 is 5.97 Å². The van der Waals surface area contributed by atoms with E-state index in [1.807, 2.05) is 0 Å². The first-order chi connectivity index (χ1) is 12.7. The second kappa shape index (κ2) is 7.30. The Bertz CT molecular complexity index is 1120. The molecule has 0 spiro atoms. The van der Waals surface area contributed by atoms with Gasteiger partial charge in [0.2, 0.25) is 5.09 Å². The Morgan fingerprint density at radius 1 is 1.22 bits per heavy atom. The predicted octanol–water partition coefficient (Wildman–Crippen LogP) is 3.40. The van der Waals surface area contributed by atoms with E-state index >= 15 is 0 Å². The fourth-order valence-electron chi connectivity index (χ4n) is 2.42. The summed E-state index contributed by atoms with van der Waals surface area (Å²) in [6.07, 6.45) is 0. The molecule has 9 heteroatoms. The summed E-state index contributed by atoms with van der Waals surface area (Å²) >= 11 is 5.98. The van der Waals surface area contributed by atoms with E-state index in [1.165, 1.54) is 26.2 Å². The molecule has 0 bridgehead atoms. The Labute approximate surface area is 161 Å². The quantitative estimate of drug-likeness (QED) is 0.601. The lowest BCUT2D eigenvalue weighted by Gasteiger charge is -2.09. The number of fused-ring (bicyclic) bond motifs is 1. The molecule has 1 aromatic carbocycles. The molecule has 27 heavy (non-hydrogen) atoms. The predicted molar refractivity (Wildman–Crippen MR) is 100 cm³/mol. The minimum atomic E-state index is -3.68. The van der Waals surface area contributed by atoms with Crippen LogP contribution in [0.25, 0.3) is 10.9 Å². The average molecular weight is 409 g/mol. The molecular formula is C18H17ClN2O5S. The highest BCUT2D eigenvalue weighted by Crippen LogP contribution is 2.22. The van der Waals surface area contributed by atoms with Gasteiger partial charge in [-0.05, 0) is 43.3 Å². The number of hydrogen-bond donors (Lipinski definition) is 0. The molecule has 7 nitrogen and oxygen atoms in total. The number of sulfonamides is 1. The molecule has 0 unspecified atom stereocenters. The zero-order valence-corrected chi connectivity index (χ0v) is 16.5. The first-order valence-corrected chi connectivity index (χ1v) is 9.75. The number of aromatic nitrogens is 1. The van der Waals surface area contributed by atoms with E-state index in [9.17, 15) is 13.2 Å². The highest BCUT2D eigenvalue weighted by molar-refractivity contribution is 7.88. The molecular weight excluding hydrogens is 392 g/mol. The Kier molecular flexibility index (Phi) is 5.23. The topological polar surface area (TPSA) is 89.7 Å². The number of carbonyl (C=O) groups is 1. The van der Waals surface area contributed by atoms with Crippen molar-refractivity contribution >= 4 is 38.5 Å². The average Bonchev–Trinajstić information content (AvgIpc) is 3.09. The Morgan fingerprint density at radius 3 is 2.67 bits per heavy atom. The molecule has 0 atom stereocenters. The molecule has 0 aliphatic rings. The molecule has 0 fully saturated rings. The first-order valence-electron chi connectivity index (χ1n) is 7.94. The second-order valence-corrected chi connectivity index (χ2v) is 8.56. The van der Waals surface area contributed by atoms with Crippen LogP contribution in [-0.4, -0.2) is 37.8 Å². The van der Waals surface area contributed by atoms with E-state index < -0.39 is 16.0 Å². The number of rotatable bonds is 5. The van der Waals surface area contributed by atoms with Gasteiger partial charge in [0, 0.05) is 24.5 Å². The molecule has 0 saturated carbocycles. The summed E-state index contributed by atoms with van der Waals surface area (Å²) in [5.41, 5.74) is 1.54. The van der Waals surface area contributed by atoms with Crippen molar-refractivity contribution in [1.82, 2.24) is 9.29 Å². The lowest BCUT2D eigenvalue weighted by atomic mass is 10.1. The molecule has 2 heterocycles. The lowest BCUT2D eigenvalue weighted by molar-refractivity contribution is 0.0439. The molecule has 2 aromatic heterocycles. The Hall–Kier alpha value is -2.42. The smallest absolute Gasteiger partial charge is 0.340 e. The van der Waals surface area contributed by atoms with E-state index in [1.54, 1.807) is 31.2 Å². The van der Waals surface area contributed by atoms with E-state index in [0.717, 1.165) is 15.2 Å². The van der Waals surface area contributed by atoms with Crippen molar-refractivity contribution in [2.75, 3.05) is 14.1 Å². The maximum Gasteiger partial charge on any atom is 0.340 e. The van der Waals surface area contributed by atoms with Crippen LogP contribution in [0.2, 0.25) is 5.02 Å². The van der Waals surface area contributed by atoms with E-state index in [-0.39, 0.29) is 17.5 Å². The zero-order valence-electron chi connectivity index (χ0n) is 14.9. The number of benzene rings is 1. The molecule has 142 valence electrons. The van der Waals surface area contributed by atoms with Gasteiger partial charge in [0.25, 0.3) is 10.0 Å². The van der Waals surface area contributed by atoms with Crippen LogP contribution in [-0.2, 0) is 21.4 Å². The maximum atomic E-state index is 12.4. The van der Waals surface area contributed by atoms with Crippen LogP contribution >= 0.6 is 11.6 Å². The number of ether oxygens (including phenoxy) is 1. The third-order valence-corrected chi connectivity index (χ3v) is 5.83. The minimum absolute atomic E-state index is 0.200. The lowest BCUT2D eigenvalue weighted by Crippen LogP contribution is -2.21. The van der Waals surface area contributed by atoms with Crippen molar-refractivity contribution in [3.8, 4) is 0 Å². The fraction of sp³-hybridized carbons (Fsp3) is 0.222. The number of hydrogen-bond acceptors (Lipinski definition) is 6. The van der Waals surface area contributed by atoms with Crippen molar-refractivity contribution < 1.29 is 22.4 Å². The number of nitrogens with zero attached hydrogens (tertiary/aromatic N) is 2. The number of pyridine rings is 1. The SMILES string of the molecule is Cc1nc2ccc(Cl)cc2cc1C(=O)OCc1ccc(S(=O)(=O)N(C)C)o1. The molecule has 0 amide bonds. The van der Waals surface area contributed by atoms with Crippen LogP contribution in [0, 0.1) is 6.92 Å². The number of furan rings is 1. The van der Waals surface area contributed by atoms with Crippen LogP contribution in [0.1, 0.15) is 21.8 Å². The van der Waals surface area contributed by atoms with Gasteiger partial charge < -0.3 is 9.15 Å². The Balaban J connectivity index is 1.78. The fourth-order valence-corrected chi connectivity index (χ4v) is 3.41. The summed E-state index contributed by atoms with van der Waals surface area (Å²) in [4.78, 5) is 16.8. The molecule has 3 rings (SSSR count). The minimum Gasteiger partial charge on any atom is -0.454 e. The summed E-state index contributed by atoms with van der Waals surface area (Å²) in [7, 11) is -0.874. The summed E-state index contributed by atoms with van der Waals surface area (Å²) in [6.45, 7) is 1.51. The van der Waals surface area contributed by atoms with Crippen molar-refractivity contribution in [1.29, 1.82) is 0 Å². The maximum absolute atomic E-state index is 12.4. The number of carbonyl (C=O) groups excluding carboxylic acids is 1. The zero-order chi connectivity index (χ0) is 19.8. The van der Waals surface area contributed by atoms with Gasteiger partial charge in [-0.3, -0.25) is 4.98 Å². The van der Waals surface area contributed by atoms with Gasteiger partial charge in [-0.25, -0.2) is 17.5 Å². The molecule has 0 saturated heterocycles. The summed E-state index contributed by atoms with van der Waals surface area (Å²) in [6, 6.07) is 9.65. The third kappa shape index (κ3) is 3.97. The van der Waals surface area contributed by atoms with E-state index in [2.05, 4.69) is 4.98 Å². The van der Waals surface area contributed by atoms with Crippen molar-refractivity contribution in [2.45, 2.75) is 18.6 Å². The summed E-state index contributed by atoms with van der Waals surface area (Å²) < 4.78 is 35.6. The van der Waals surface area contributed by atoms with Gasteiger partial charge in [-0.1, -0.05) is 11.6 Å². The van der Waals surface area contributed by atoms with Gasteiger partial charge in [-0.15, -0.1) is 0 Å². The third-order valence-electron chi connectivity index (χ3n) is 3.90. The van der Waals surface area contributed by atoms with Crippen LogP contribution in [0.3, 0.4) is 0 Å². The van der Waals surface area contributed by atoms with Crippen molar-refractivity contribution in [3.05, 3.63) is 58.4 Å². The van der Waals surface area contributed by atoms with Crippen LogP contribution < -0.4 is 0 Å². The van der Waals surface area contributed by atoms with Gasteiger partial charge in [-0.2, -0.15) is 0 Å². The highest BCUT2D eigenvalue weighted by atomic mass is 35.5. The van der Waals surface area contributed by atoms with Crippen LogP contribution in [0.4, 0.5) is 0 Å². The highest BCUT2D eigenvalue weighted by Gasteiger charge is 2.22. The van der Waals surface area contributed by atoms with Crippen LogP contribution in [0.15, 0.2) is 45.9 Å². The summed E-state index contributed by atoms with van der Waals surface area (Å²) in [5.74, 6) is -0.367. The van der Waals surface area contributed by atoms with Crippen molar-refractivity contribution in [2.24, 2.45) is 0 Å².